The summed E-state index contributed by atoms with van der Waals surface area (Å²) >= 11 is 0. The Morgan fingerprint density at radius 1 is 1.30 bits per heavy atom. The number of nitrogens with one attached hydrogen (secondary N) is 2. The lowest BCUT2D eigenvalue weighted by molar-refractivity contribution is -0.146. The van der Waals surface area contributed by atoms with Gasteiger partial charge in [0.2, 0.25) is 5.91 Å². The molecule has 0 aliphatic heterocycles. The molecule has 0 saturated heterocycles. The fourth-order valence-corrected chi connectivity index (χ4v) is 1.84. The molecule has 0 atom stereocenters. The maximum Gasteiger partial charge on any atom is 0.328 e. The molecule has 0 unspecified atom stereocenters. The van der Waals surface area contributed by atoms with Crippen molar-refractivity contribution in [1.29, 1.82) is 0 Å². The normalized spacial score (nSPS) is 14.0. The number of anilines is 1. The molecule has 23 heavy (non-hydrogen) atoms. The van der Waals surface area contributed by atoms with E-state index in [0.29, 0.717) is 11.4 Å². The average Bonchev–Trinajstić information content (AvgIpc) is 3.29. The minimum Gasteiger partial charge on any atom is -0.484 e. The number of rotatable bonds is 7. The van der Waals surface area contributed by atoms with Gasteiger partial charge in [-0.1, -0.05) is 6.07 Å². The first-order valence-electron chi connectivity index (χ1n) is 7.36. The lowest BCUT2D eigenvalue weighted by atomic mass is 10.1. The Bertz CT molecular complexity index is 623. The zero-order valence-electron chi connectivity index (χ0n) is 13.1. The van der Waals surface area contributed by atoms with Gasteiger partial charge in [-0.05, 0) is 38.8 Å². The Morgan fingerprint density at radius 2 is 2.00 bits per heavy atom. The summed E-state index contributed by atoms with van der Waals surface area (Å²) in [6.45, 7) is 2.47. The van der Waals surface area contributed by atoms with Crippen LogP contribution in [0.4, 0.5) is 5.69 Å². The lowest BCUT2D eigenvalue weighted by Crippen LogP contribution is -2.51. The number of benzene rings is 1. The van der Waals surface area contributed by atoms with E-state index in [4.69, 9.17) is 9.84 Å². The van der Waals surface area contributed by atoms with Crippen LogP contribution in [0.25, 0.3) is 0 Å². The van der Waals surface area contributed by atoms with E-state index in [0.717, 1.165) is 12.8 Å². The highest BCUT2D eigenvalue weighted by atomic mass is 16.5. The minimum absolute atomic E-state index is 0.0110. The van der Waals surface area contributed by atoms with Crippen molar-refractivity contribution < 1.29 is 24.2 Å². The molecule has 2 amide bonds. The highest BCUT2D eigenvalue weighted by Crippen LogP contribution is 2.30. The number of carbonyl (C=O) groups excluding carboxylic acids is 2. The van der Waals surface area contributed by atoms with Crippen molar-refractivity contribution in [3.8, 4) is 5.75 Å². The van der Waals surface area contributed by atoms with E-state index in [1.165, 1.54) is 13.8 Å². The average molecular weight is 320 g/mol. The molecule has 0 bridgehead atoms. The molecule has 2 rings (SSSR count). The number of amides is 2. The number of hydrogen-bond acceptors (Lipinski definition) is 4. The van der Waals surface area contributed by atoms with Crippen molar-refractivity contribution in [3.05, 3.63) is 24.3 Å². The molecule has 0 heterocycles. The first-order valence-corrected chi connectivity index (χ1v) is 7.36. The van der Waals surface area contributed by atoms with E-state index in [1.807, 2.05) is 0 Å². The van der Waals surface area contributed by atoms with E-state index >= 15 is 0 Å². The molecular weight excluding hydrogens is 300 g/mol. The van der Waals surface area contributed by atoms with E-state index in [-0.39, 0.29) is 18.4 Å². The highest BCUT2D eigenvalue weighted by molar-refractivity contribution is 5.94. The summed E-state index contributed by atoms with van der Waals surface area (Å²) in [5.74, 6) is -1.16. The summed E-state index contributed by atoms with van der Waals surface area (Å²) in [5.41, 5.74) is -0.758. The molecule has 0 aromatic heterocycles. The zero-order valence-corrected chi connectivity index (χ0v) is 13.1. The minimum atomic E-state index is -1.36. The summed E-state index contributed by atoms with van der Waals surface area (Å²) < 4.78 is 5.34. The molecule has 7 heteroatoms. The van der Waals surface area contributed by atoms with Gasteiger partial charge in [0.1, 0.15) is 11.3 Å². The Kier molecular flexibility index (Phi) is 4.88. The van der Waals surface area contributed by atoms with Crippen molar-refractivity contribution in [2.45, 2.75) is 32.2 Å². The van der Waals surface area contributed by atoms with Crippen molar-refractivity contribution >= 4 is 23.5 Å². The number of hydrogen-bond donors (Lipinski definition) is 3. The second-order valence-corrected chi connectivity index (χ2v) is 6.06. The first-order chi connectivity index (χ1) is 10.8. The lowest BCUT2D eigenvalue weighted by Gasteiger charge is -2.21. The van der Waals surface area contributed by atoms with Gasteiger partial charge in [-0.25, -0.2) is 4.79 Å². The molecule has 1 aliphatic carbocycles. The third-order valence-corrected chi connectivity index (χ3v) is 3.41. The van der Waals surface area contributed by atoms with Crippen LogP contribution in [0.1, 0.15) is 26.7 Å². The van der Waals surface area contributed by atoms with Crippen molar-refractivity contribution in [1.82, 2.24) is 5.32 Å². The topological polar surface area (TPSA) is 105 Å². The summed E-state index contributed by atoms with van der Waals surface area (Å²) in [6, 6.07) is 6.72. The molecule has 1 fully saturated rings. The van der Waals surface area contributed by atoms with Crippen LogP contribution in [0.2, 0.25) is 0 Å². The third-order valence-electron chi connectivity index (χ3n) is 3.41. The predicted molar refractivity (Wildman–Crippen MR) is 83.1 cm³/mol. The Labute approximate surface area is 134 Å². The Hall–Kier alpha value is -2.57. The van der Waals surface area contributed by atoms with Crippen LogP contribution in [-0.4, -0.2) is 35.0 Å². The van der Waals surface area contributed by atoms with Gasteiger partial charge < -0.3 is 20.5 Å². The molecule has 1 aliphatic rings. The van der Waals surface area contributed by atoms with Gasteiger partial charge in [-0.3, -0.25) is 9.59 Å². The molecule has 1 aromatic carbocycles. The fourth-order valence-electron chi connectivity index (χ4n) is 1.84. The molecule has 0 spiro atoms. The standard InChI is InChI=1S/C16H20N2O5/c1-16(2,15(21)22)18-13(19)9-23-12-5-3-4-11(8-12)17-14(20)10-6-7-10/h3-5,8,10H,6-7,9H2,1-2H3,(H,17,20)(H,18,19)(H,21,22). The van der Waals surface area contributed by atoms with Crippen molar-refractivity contribution in [2.24, 2.45) is 5.92 Å². The van der Waals surface area contributed by atoms with E-state index in [2.05, 4.69) is 10.6 Å². The summed E-state index contributed by atoms with van der Waals surface area (Å²) in [4.78, 5) is 34.4. The largest absolute Gasteiger partial charge is 0.484 e. The molecule has 0 radical (unpaired) electrons. The molecule has 124 valence electrons. The third kappa shape index (κ3) is 4.98. The summed E-state index contributed by atoms with van der Waals surface area (Å²) in [6.07, 6.45) is 1.84. The molecule has 7 nitrogen and oxygen atoms in total. The Morgan fingerprint density at radius 3 is 2.61 bits per heavy atom. The first kappa shape index (κ1) is 16.8. The highest BCUT2D eigenvalue weighted by Gasteiger charge is 2.30. The number of carboxylic acid groups (broad SMARTS) is 1. The van der Waals surface area contributed by atoms with Crippen LogP contribution >= 0.6 is 0 Å². The van der Waals surface area contributed by atoms with Crippen LogP contribution in [0.3, 0.4) is 0 Å². The smallest absolute Gasteiger partial charge is 0.328 e. The van der Waals surface area contributed by atoms with Crippen LogP contribution in [0, 0.1) is 5.92 Å². The van der Waals surface area contributed by atoms with Crippen LogP contribution in [-0.2, 0) is 14.4 Å². The second-order valence-electron chi connectivity index (χ2n) is 6.06. The van der Waals surface area contributed by atoms with Crippen molar-refractivity contribution in [3.63, 3.8) is 0 Å². The summed E-state index contributed by atoms with van der Waals surface area (Å²) in [5, 5.41) is 14.1. The fraction of sp³-hybridized carbons (Fsp3) is 0.438. The van der Waals surface area contributed by atoms with Crippen LogP contribution < -0.4 is 15.4 Å². The predicted octanol–water partition coefficient (Wildman–Crippen LogP) is 1.39. The van der Waals surface area contributed by atoms with Gasteiger partial charge in [0.15, 0.2) is 6.61 Å². The number of carboxylic acids is 1. The van der Waals surface area contributed by atoms with Crippen LogP contribution in [0.15, 0.2) is 24.3 Å². The van der Waals surface area contributed by atoms with Gasteiger partial charge >= 0.3 is 5.97 Å². The number of ether oxygens (including phenoxy) is 1. The molecule has 3 N–H and O–H groups in total. The molecule has 1 aromatic rings. The van der Waals surface area contributed by atoms with Crippen LogP contribution in [0.5, 0.6) is 5.75 Å². The van der Waals surface area contributed by atoms with Crippen molar-refractivity contribution in [2.75, 3.05) is 11.9 Å². The molecule has 1 saturated carbocycles. The number of aliphatic carboxylic acids is 1. The molecular formula is C16H20N2O5. The monoisotopic (exact) mass is 320 g/mol. The SMILES string of the molecule is CC(C)(NC(=O)COc1cccc(NC(=O)C2CC2)c1)C(=O)O. The second kappa shape index (κ2) is 6.68. The van der Waals surface area contributed by atoms with Gasteiger partial charge in [0, 0.05) is 17.7 Å². The summed E-state index contributed by atoms with van der Waals surface area (Å²) in [7, 11) is 0. The number of carbonyl (C=O) groups is 3. The van der Waals surface area contributed by atoms with E-state index in [1.54, 1.807) is 24.3 Å². The van der Waals surface area contributed by atoms with Gasteiger partial charge in [-0.2, -0.15) is 0 Å². The van der Waals surface area contributed by atoms with Gasteiger partial charge in [0.25, 0.3) is 5.91 Å². The Balaban J connectivity index is 1.86. The maximum atomic E-state index is 11.7. The maximum absolute atomic E-state index is 11.7. The van der Waals surface area contributed by atoms with E-state index in [9.17, 15) is 14.4 Å². The van der Waals surface area contributed by atoms with Gasteiger partial charge in [0.05, 0.1) is 0 Å². The van der Waals surface area contributed by atoms with Gasteiger partial charge in [-0.15, -0.1) is 0 Å². The quantitative estimate of drug-likeness (QED) is 0.704. The zero-order chi connectivity index (χ0) is 17.0. The van der Waals surface area contributed by atoms with E-state index < -0.39 is 17.4 Å².